The summed E-state index contributed by atoms with van der Waals surface area (Å²) >= 11 is 0. The van der Waals surface area contributed by atoms with E-state index in [4.69, 9.17) is 9.72 Å². The Morgan fingerprint density at radius 1 is 1.09 bits per heavy atom. The fraction of sp³-hybridized carbons (Fsp3) is 0.718. The molecule has 2 fully saturated rings. The number of imidazole rings is 1. The van der Waals surface area contributed by atoms with Gasteiger partial charge in [0.25, 0.3) is 11.7 Å². The van der Waals surface area contributed by atoms with E-state index in [1.54, 1.807) is 25.5 Å². The molecule has 55 heavy (non-hydrogen) atoms. The van der Waals surface area contributed by atoms with Crippen molar-refractivity contribution in [3.63, 3.8) is 0 Å². The number of alkyl halides is 6. The molecule has 1 amide bonds. The molecule has 2 aliphatic rings. The van der Waals surface area contributed by atoms with Crippen molar-refractivity contribution in [2.45, 2.75) is 99.1 Å². The number of fused-ring (bicyclic) bond motifs is 1. The van der Waals surface area contributed by atoms with Crippen LogP contribution in [-0.4, -0.2) is 108 Å². The van der Waals surface area contributed by atoms with Crippen molar-refractivity contribution in [3.05, 3.63) is 41.9 Å². The zero-order valence-corrected chi connectivity index (χ0v) is 33.9. The van der Waals surface area contributed by atoms with Crippen molar-refractivity contribution in [3.8, 4) is 0 Å². The number of nitrogens with one attached hydrogen (secondary N) is 1. The van der Waals surface area contributed by atoms with Crippen LogP contribution in [0.5, 0.6) is 0 Å². The number of piperazine rings is 1. The molecule has 4 heterocycles. The van der Waals surface area contributed by atoms with Crippen molar-refractivity contribution in [1.82, 2.24) is 29.8 Å². The van der Waals surface area contributed by atoms with Crippen molar-refractivity contribution < 1.29 is 40.7 Å². The lowest BCUT2D eigenvalue weighted by molar-refractivity contribution is -0.183. The summed E-state index contributed by atoms with van der Waals surface area (Å²) in [6.07, 6.45) is 0.570. The molecular weight excluding hydrogens is 728 g/mol. The second-order valence-corrected chi connectivity index (χ2v) is 15.0. The molecule has 0 spiro atoms. The number of methoxy groups -OCH3 is 1. The van der Waals surface area contributed by atoms with Crippen LogP contribution >= 0.6 is 0 Å². The topological polar surface area (TPSA) is 105 Å². The minimum Gasteiger partial charge on any atom is -0.383 e. The van der Waals surface area contributed by atoms with Crippen LogP contribution in [0, 0.1) is 23.2 Å². The van der Waals surface area contributed by atoms with E-state index in [-0.39, 0.29) is 42.7 Å². The number of carbonyl (C=O) groups is 2. The maximum absolute atomic E-state index is 14.1. The number of Topliss-reactive ketones (excluding diaryl/α,β-unsaturated/α-hetero) is 1. The van der Waals surface area contributed by atoms with E-state index in [1.807, 2.05) is 46.4 Å². The molecule has 0 aromatic carbocycles. The first-order chi connectivity index (χ1) is 25.7. The first-order valence-corrected chi connectivity index (χ1v) is 19.1. The van der Waals surface area contributed by atoms with Crippen LogP contribution in [0.3, 0.4) is 0 Å². The maximum atomic E-state index is 14.1. The van der Waals surface area contributed by atoms with E-state index >= 15 is 0 Å². The number of allylic oxidation sites excluding steroid dienone is 3. The first kappa shape index (κ1) is 47.6. The highest BCUT2D eigenvalue weighted by Gasteiger charge is 2.47. The number of hydrogen-bond donors (Lipinski definition) is 1. The summed E-state index contributed by atoms with van der Waals surface area (Å²) < 4.78 is 88.3. The number of nitrogens with zero attached hydrogens (tertiary/aromatic N) is 6. The molecule has 2 aromatic rings. The molecule has 2 saturated heterocycles. The molecule has 312 valence electrons. The molecule has 16 heteroatoms. The summed E-state index contributed by atoms with van der Waals surface area (Å²) in [6, 6.07) is 0. The predicted octanol–water partition coefficient (Wildman–Crippen LogP) is 7.63. The fourth-order valence-electron chi connectivity index (χ4n) is 6.25. The van der Waals surface area contributed by atoms with Gasteiger partial charge < -0.3 is 15.0 Å². The second kappa shape index (κ2) is 21.1. The molecule has 2 aromatic heterocycles. The SMILES string of the molecule is C=C/C=C(\C)C(=O)C(C)C.CC.COCCN1CCN(c2nc3nc(C(C)CCC(C)(C)C(F)(F)CF)cn3nc2CC2CC(C(F)(F)F)CNC2=O)CC1. The van der Waals surface area contributed by atoms with E-state index in [0.29, 0.717) is 56.4 Å². The number of halogens is 6. The predicted molar refractivity (Wildman–Crippen MR) is 203 cm³/mol. The van der Waals surface area contributed by atoms with Gasteiger partial charge in [-0.3, -0.25) is 14.5 Å². The average molecular weight is 790 g/mol. The van der Waals surface area contributed by atoms with Crippen LogP contribution in [0.25, 0.3) is 5.78 Å². The molecule has 0 aliphatic carbocycles. The number of carbonyl (C=O) groups excluding carboxylic acids is 2. The Kier molecular flexibility index (Phi) is 18.3. The maximum Gasteiger partial charge on any atom is 0.393 e. The molecule has 10 nitrogen and oxygen atoms in total. The second-order valence-electron chi connectivity index (χ2n) is 15.0. The third kappa shape index (κ3) is 13.3. The normalized spacial score (nSPS) is 19.3. The van der Waals surface area contributed by atoms with Gasteiger partial charge in [-0.2, -0.15) is 23.3 Å². The summed E-state index contributed by atoms with van der Waals surface area (Å²) in [5, 5.41) is 7.08. The van der Waals surface area contributed by atoms with Gasteiger partial charge in [-0.05, 0) is 31.8 Å². The van der Waals surface area contributed by atoms with Crippen molar-refractivity contribution >= 4 is 23.3 Å². The molecule has 2 aliphatic heterocycles. The monoisotopic (exact) mass is 789 g/mol. The van der Waals surface area contributed by atoms with E-state index in [0.717, 1.165) is 12.1 Å². The van der Waals surface area contributed by atoms with Crippen LogP contribution in [0.1, 0.15) is 92.0 Å². The molecule has 0 saturated carbocycles. The number of ether oxygens (including phenoxy) is 1. The Morgan fingerprint density at radius 2 is 1.73 bits per heavy atom. The molecule has 0 radical (unpaired) electrons. The number of aromatic nitrogens is 4. The van der Waals surface area contributed by atoms with Gasteiger partial charge in [-0.1, -0.05) is 67.2 Å². The summed E-state index contributed by atoms with van der Waals surface area (Å²) in [4.78, 5) is 37.4. The minimum absolute atomic E-state index is 0.0316. The molecule has 3 unspecified atom stereocenters. The lowest BCUT2D eigenvalue weighted by Crippen LogP contribution is -2.49. The summed E-state index contributed by atoms with van der Waals surface area (Å²) in [5.74, 6) is -5.74. The van der Waals surface area contributed by atoms with Crippen LogP contribution in [0.4, 0.5) is 32.2 Å². The van der Waals surface area contributed by atoms with Crippen LogP contribution in [-0.2, 0) is 20.7 Å². The number of piperidine rings is 1. The average Bonchev–Trinajstić information content (AvgIpc) is 3.57. The fourth-order valence-corrected chi connectivity index (χ4v) is 6.25. The van der Waals surface area contributed by atoms with Gasteiger partial charge in [-0.25, -0.2) is 22.7 Å². The Balaban J connectivity index is 0.000000756. The van der Waals surface area contributed by atoms with Crippen LogP contribution in [0.2, 0.25) is 0 Å². The smallest absolute Gasteiger partial charge is 0.383 e. The molecule has 3 atom stereocenters. The highest BCUT2D eigenvalue weighted by molar-refractivity contribution is 5.96. The number of rotatable bonds is 15. The third-order valence-corrected chi connectivity index (χ3v) is 10.2. The van der Waals surface area contributed by atoms with Gasteiger partial charge in [0, 0.05) is 76.0 Å². The highest BCUT2D eigenvalue weighted by atomic mass is 19.4. The van der Waals surface area contributed by atoms with Gasteiger partial charge in [0.05, 0.1) is 24.4 Å². The van der Waals surface area contributed by atoms with E-state index in [9.17, 15) is 35.9 Å². The lowest BCUT2D eigenvalue weighted by atomic mass is 9.79. The van der Waals surface area contributed by atoms with Crippen molar-refractivity contribution in [2.24, 2.45) is 23.2 Å². The number of anilines is 1. The number of ketones is 1. The lowest BCUT2D eigenvalue weighted by Gasteiger charge is -2.36. The van der Waals surface area contributed by atoms with Gasteiger partial charge in [0.15, 0.2) is 18.3 Å². The summed E-state index contributed by atoms with van der Waals surface area (Å²) in [7, 11) is 1.64. The first-order valence-electron chi connectivity index (χ1n) is 19.1. The largest absolute Gasteiger partial charge is 0.393 e. The zero-order chi connectivity index (χ0) is 41.7. The van der Waals surface area contributed by atoms with Crippen LogP contribution in [0.15, 0.2) is 30.5 Å². The third-order valence-electron chi connectivity index (χ3n) is 10.2. The Morgan fingerprint density at radius 3 is 2.27 bits per heavy atom. The highest BCUT2D eigenvalue weighted by Crippen LogP contribution is 2.42. The van der Waals surface area contributed by atoms with Crippen LogP contribution < -0.4 is 10.2 Å². The Bertz CT molecular complexity index is 1570. The molecule has 4 rings (SSSR count). The van der Waals surface area contributed by atoms with E-state index in [2.05, 4.69) is 26.9 Å². The molecular formula is C39H61F6N7O3. The van der Waals surface area contributed by atoms with Gasteiger partial charge >= 0.3 is 6.18 Å². The zero-order valence-electron chi connectivity index (χ0n) is 33.9. The standard InChI is InChI=1S/C28H41F6N7O2.C9H14O.C2H6/c1-18(5-6-26(2,3)27(30,31)17-29)22-16-41-25(36-22)37-23(40-9-7-39(8-10-40)11-12-43-4)21(38-41)14-19-13-20(28(32,33)34)15-35-24(19)42;1-5-6-8(4)9(10)7(2)3;1-2/h16,18-20H,5-15,17H2,1-4H3,(H,35,42);5-7H,1H2,2-4H3;1-2H3/b;8-6+;. The Hall–Kier alpha value is -3.53. The van der Waals surface area contributed by atoms with Gasteiger partial charge in [0.2, 0.25) is 5.91 Å². The quantitative estimate of drug-likeness (QED) is 0.112. The summed E-state index contributed by atoms with van der Waals surface area (Å²) in [6.45, 7) is 19.4. The van der Waals surface area contributed by atoms with Gasteiger partial charge in [0.1, 0.15) is 5.69 Å². The summed E-state index contributed by atoms with van der Waals surface area (Å²) in [5.41, 5.74) is 0.178. The van der Waals surface area contributed by atoms with Crippen molar-refractivity contribution in [1.29, 1.82) is 0 Å². The number of hydrogen-bond acceptors (Lipinski definition) is 8. The Labute approximate surface area is 322 Å². The molecule has 0 bridgehead atoms. The molecule has 1 N–H and O–H groups in total. The van der Waals surface area contributed by atoms with E-state index in [1.165, 1.54) is 18.4 Å². The number of amides is 1. The minimum atomic E-state index is -4.43. The van der Waals surface area contributed by atoms with Crippen molar-refractivity contribution in [2.75, 3.05) is 64.6 Å². The van der Waals surface area contributed by atoms with Gasteiger partial charge in [-0.15, -0.1) is 0 Å². The van der Waals surface area contributed by atoms with E-state index < -0.39 is 48.5 Å².